The number of nitrogens with zero attached hydrogens (tertiary/aromatic N) is 1. The predicted molar refractivity (Wildman–Crippen MR) is 91.3 cm³/mol. The van der Waals surface area contributed by atoms with Gasteiger partial charge in [-0.15, -0.1) is 0 Å². The van der Waals surface area contributed by atoms with E-state index in [-0.39, 0.29) is 12.2 Å². The number of allylic oxidation sites excluding steroid dienone is 1. The first-order valence-corrected chi connectivity index (χ1v) is 8.04. The van der Waals surface area contributed by atoms with Gasteiger partial charge in [-0.05, 0) is 57.0 Å². The molecule has 0 aliphatic heterocycles. The van der Waals surface area contributed by atoms with Crippen LogP contribution in [0.15, 0.2) is 41.5 Å². The number of nitrogen functional groups attached to an aromatic ring is 1. The quantitative estimate of drug-likeness (QED) is 0.166. The Bertz CT molecular complexity index is 495. The van der Waals surface area contributed by atoms with Gasteiger partial charge in [0.1, 0.15) is 18.0 Å². The molecular formula is C16H24N2O4S. The molecule has 23 heavy (non-hydrogen) atoms. The van der Waals surface area contributed by atoms with Gasteiger partial charge in [0.15, 0.2) is 0 Å². The van der Waals surface area contributed by atoms with Gasteiger partial charge in [0, 0.05) is 23.7 Å². The lowest BCUT2D eigenvalue weighted by Crippen LogP contribution is -2.33. The molecule has 0 spiro atoms. The maximum atomic E-state index is 10.5. The van der Waals surface area contributed by atoms with Gasteiger partial charge in [-0.1, -0.05) is 6.58 Å². The zero-order chi connectivity index (χ0) is 17.2. The summed E-state index contributed by atoms with van der Waals surface area (Å²) in [5.74, 6) is 0.493. The Morgan fingerprint density at radius 1 is 1.30 bits per heavy atom. The van der Waals surface area contributed by atoms with Crippen molar-refractivity contribution in [3.63, 3.8) is 0 Å². The highest BCUT2D eigenvalue weighted by atomic mass is 32.2. The van der Waals surface area contributed by atoms with Crippen LogP contribution < -0.4 is 5.73 Å². The van der Waals surface area contributed by atoms with E-state index in [1.165, 1.54) is 11.9 Å². The molecule has 0 radical (unpaired) electrons. The third kappa shape index (κ3) is 8.49. The van der Waals surface area contributed by atoms with Crippen LogP contribution in [0.5, 0.6) is 0 Å². The normalized spacial score (nSPS) is 13.4. The zero-order valence-electron chi connectivity index (χ0n) is 13.7. The molecule has 128 valence electrons. The molecule has 1 rings (SSSR count). The van der Waals surface area contributed by atoms with E-state index in [2.05, 4.69) is 6.58 Å². The van der Waals surface area contributed by atoms with Gasteiger partial charge in [-0.25, -0.2) is 4.31 Å². The van der Waals surface area contributed by atoms with Gasteiger partial charge in [-0.3, -0.25) is 4.79 Å². The molecule has 6 nitrogen and oxygen atoms in total. The molecule has 0 aliphatic carbocycles. The van der Waals surface area contributed by atoms with Crippen molar-refractivity contribution < 1.29 is 19.3 Å². The lowest BCUT2D eigenvalue weighted by Gasteiger charge is -2.26. The van der Waals surface area contributed by atoms with Gasteiger partial charge in [-0.2, -0.15) is 4.89 Å². The number of carbonyl (C=O) groups excluding carboxylic acids is 1. The highest BCUT2D eigenvalue weighted by Gasteiger charge is 2.17. The van der Waals surface area contributed by atoms with Crippen LogP contribution in [0.25, 0.3) is 0 Å². The van der Waals surface area contributed by atoms with Crippen LogP contribution in [0.4, 0.5) is 5.69 Å². The van der Waals surface area contributed by atoms with E-state index in [9.17, 15) is 4.79 Å². The minimum Gasteiger partial charge on any atom is -0.463 e. The fourth-order valence-corrected chi connectivity index (χ4v) is 2.86. The average molecular weight is 340 g/mol. The minimum atomic E-state index is -0.233. The Hall–Kier alpha value is -1.70. The third-order valence-corrected chi connectivity index (χ3v) is 3.72. The van der Waals surface area contributed by atoms with Crippen LogP contribution in [0, 0.1) is 0 Å². The molecule has 1 aromatic rings. The number of nitrogens with two attached hydrogens (primary N) is 1. The van der Waals surface area contributed by atoms with Gasteiger partial charge in [0.25, 0.3) is 6.47 Å². The second kappa shape index (κ2) is 10.1. The van der Waals surface area contributed by atoms with Crippen molar-refractivity contribution in [2.45, 2.75) is 37.9 Å². The fraction of sp³-hybridized carbons (Fsp3) is 0.438. The monoisotopic (exact) mass is 340 g/mol. The van der Waals surface area contributed by atoms with E-state index < -0.39 is 0 Å². The Labute approximate surface area is 141 Å². The molecule has 0 amide bonds. The summed E-state index contributed by atoms with van der Waals surface area (Å²) in [4.78, 5) is 21.7. The molecule has 0 aromatic heterocycles. The molecule has 0 aliphatic rings. The second-order valence-electron chi connectivity index (χ2n) is 5.24. The number of benzene rings is 1. The topological polar surface area (TPSA) is 74.0 Å². The summed E-state index contributed by atoms with van der Waals surface area (Å²) in [6.07, 6.45) is -0.417. The molecule has 0 saturated heterocycles. The molecule has 0 bridgehead atoms. The van der Waals surface area contributed by atoms with E-state index in [4.69, 9.17) is 20.2 Å². The number of hydrogen-bond acceptors (Lipinski definition) is 7. The van der Waals surface area contributed by atoms with Crippen molar-refractivity contribution in [3.05, 3.63) is 36.6 Å². The molecule has 7 heteroatoms. The third-order valence-electron chi connectivity index (χ3n) is 2.68. The van der Waals surface area contributed by atoms with Crippen molar-refractivity contribution in [2.75, 3.05) is 18.8 Å². The fourth-order valence-electron chi connectivity index (χ4n) is 1.73. The van der Waals surface area contributed by atoms with Crippen LogP contribution in [0.1, 0.15) is 20.8 Å². The van der Waals surface area contributed by atoms with Crippen molar-refractivity contribution in [2.24, 2.45) is 0 Å². The first-order valence-electron chi connectivity index (χ1n) is 7.27. The van der Waals surface area contributed by atoms with Crippen molar-refractivity contribution >= 4 is 24.1 Å². The van der Waals surface area contributed by atoms with Crippen molar-refractivity contribution in [3.8, 4) is 0 Å². The highest BCUT2D eigenvalue weighted by molar-refractivity contribution is 7.97. The largest absolute Gasteiger partial charge is 0.463 e. The highest BCUT2D eigenvalue weighted by Crippen LogP contribution is 2.24. The molecule has 1 aromatic carbocycles. The number of ether oxygens (including phenoxy) is 1. The van der Waals surface area contributed by atoms with Gasteiger partial charge in [0.05, 0.1) is 0 Å². The average Bonchev–Trinajstić information content (AvgIpc) is 2.47. The molecule has 2 unspecified atom stereocenters. The summed E-state index contributed by atoms with van der Waals surface area (Å²) < 4.78 is 7.01. The maximum absolute atomic E-state index is 10.5. The standard InChI is InChI=1S/C16H24N2O4S/c1-12(2)21-22-14(4)10-18(9-13(3)20-11-19)23-16-7-5-15(17)6-8-16/h5-8,11,13-14H,1,9-10,17H2,2-4H3. The summed E-state index contributed by atoms with van der Waals surface area (Å²) in [6.45, 7) is 10.6. The molecule has 2 N–H and O–H groups in total. The zero-order valence-corrected chi connectivity index (χ0v) is 14.5. The lowest BCUT2D eigenvalue weighted by molar-refractivity contribution is -0.290. The molecule has 2 atom stereocenters. The van der Waals surface area contributed by atoms with E-state index >= 15 is 0 Å². The van der Waals surface area contributed by atoms with Crippen LogP contribution in [-0.4, -0.2) is 36.1 Å². The first kappa shape index (κ1) is 19.3. The SMILES string of the molecule is C=C(C)OOC(C)CN(CC(C)OC=O)Sc1ccc(N)cc1. The summed E-state index contributed by atoms with van der Waals surface area (Å²) in [6, 6.07) is 7.56. The number of hydrogen-bond donors (Lipinski definition) is 1. The Kier molecular flexibility index (Phi) is 8.53. The summed E-state index contributed by atoms with van der Waals surface area (Å²) in [7, 11) is 0. The smallest absolute Gasteiger partial charge is 0.293 e. The number of carbonyl (C=O) groups is 1. The van der Waals surface area contributed by atoms with Crippen LogP contribution >= 0.6 is 11.9 Å². The Morgan fingerprint density at radius 3 is 2.48 bits per heavy atom. The molecular weight excluding hydrogens is 316 g/mol. The lowest BCUT2D eigenvalue weighted by atomic mass is 10.3. The Morgan fingerprint density at radius 2 is 1.91 bits per heavy atom. The predicted octanol–water partition coefficient (Wildman–Crippen LogP) is 3.01. The van der Waals surface area contributed by atoms with E-state index in [0.29, 0.717) is 31.0 Å². The maximum Gasteiger partial charge on any atom is 0.293 e. The number of anilines is 1. The van der Waals surface area contributed by atoms with E-state index in [1.807, 2.05) is 42.4 Å². The minimum absolute atomic E-state index is 0.184. The van der Waals surface area contributed by atoms with Crippen LogP contribution in [0.3, 0.4) is 0 Å². The van der Waals surface area contributed by atoms with Crippen molar-refractivity contribution in [1.82, 2.24) is 4.31 Å². The molecule has 0 heterocycles. The van der Waals surface area contributed by atoms with Crippen molar-refractivity contribution in [1.29, 1.82) is 0 Å². The van der Waals surface area contributed by atoms with Gasteiger partial charge >= 0.3 is 0 Å². The van der Waals surface area contributed by atoms with Crippen LogP contribution in [0.2, 0.25) is 0 Å². The first-order chi connectivity index (χ1) is 10.9. The molecule has 0 fully saturated rings. The summed E-state index contributed by atoms with van der Waals surface area (Å²) in [5, 5.41) is 0. The Balaban J connectivity index is 2.65. The van der Waals surface area contributed by atoms with Gasteiger partial charge < -0.3 is 15.4 Å². The van der Waals surface area contributed by atoms with E-state index in [0.717, 1.165) is 4.90 Å². The molecule has 0 saturated carbocycles. The van der Waals surface area contributed by atoms with Crippen LogP contribution in [-0.2, 0) is 19.3 Å². The van der Waals surface area contributed by atoms with E-state index in [1.54, 1.807) is 6.92 Å². The summed E-state index contributed by atoms with van der Waals surface area (Å²) in [5.41, 5.74) is 6.41. The van der Waals surface area contributed by atoms with Gasteiger partial charge in [0.2, 0.25) is 0 Å². The number of rotatable bonds is 11. The second-order valence-corrected chi connectivity index (χ2v) is 6.41. The summed E-state index contributed by atoms with van der Waals surface area (Å²) >= 11 is 1.54.